The van der Waals surface area contributed by atoms with Crippen LogP contribution in [0.4, 0.5) is 4.79 Å². The second kappa shape index (κ2) is 8.45. The molecule has 0 radical (unpaired) electrons. The Balaban J connectivity index is 1.27. The normalized spacial score (nSPS) is 19.8. The molecule has 8 nitrogen and oxygen atoms in total. The van der Waals surface area contributed by atoms with Gasteiger partial charge in [-0.15, -0.1) is 5.10 Å². The number of carbonyl (C=O) groups excluding carboxylic acids is 1. The van der Waals surface area contributed by atoms with Crippen LogP contribution in [0, 0.1) is 0 Å². The van der Waals surface area contributed by atoms with E-state index in [4.69, 9.17) is 9.84 Å². The highest BCUT2D eigenvalue weighted by Gasteiger charge is 2.32. The first-order valence-corrected chi connectivity index (χ1v) is 10.9. The number of benzene rings is 2. The molecule has 8 heteroatoms. The molecular weight excluding hydrogens is 408 g/mol. The summed E-state index contributed by atoms with van der Waals surface area (Å²) in [6.07, 6.45) is 4.47. The Labute approximate surface area is 185 Å². The molecular formula is C24H24N4O4. The van der Waals surface area contributed by atoms with Gasteiger partial charge in [0.05, 0.1) is 18.3 Å². The molecule has 2 aliphatic carbocycles. The van der Waals surface area contributed by atoms with Crippen molar-refractivity contribution in [3.63, 3.8) is 0 Å². The van der Waals surface area contributed by atoms with Crippen LogP contribution < -0.4 is 5.32 Å². The molecule has 1 heterocycles. The lowest BCUT2D eigenvalue weighted by Gasteiger charge is -2.31. The second-order valence-corrected chi connectivity index (χ2v) is 8.32. The van der Waals surface area contributed by atoms with Crippen LogP contribution >= 0.6 is 0 Å². The van der Waals surface area contributed by atoms with Gasteiger partial charge in [-0.3, -0.25) is 0 Å². The van der Waals surface area contributed by atoms with Gasteiger partial charge in [-0.25, -0.2) is 14.3 Å². The van der Waals surface area contributed by atoms with E-state index in [1.54, 1.807) is 4.68 Å². The Morgan fingerprint density at radius 2 is 1.69 bits per heavy atom. The van der Waals surface area contributed by atoms with Crippen LogP contribution in [0.5, 0.6) is 0 Å². The molecule has 2 N–H and O–H groups in total. The van der Waals surface area contributed by atoms with Gasteiger partial charge in [0.1, 0.15) is 6.61 Å². The van der Waals surface area contributed by atoms with Crippen molar-refractivity contribution in [2.45, 2.75) is 43.7 Å². The molecule has 2 unspecified atom stereocenters. The summed E-state index contributed by atoms with van der Waals surface area (Å²) >= 11 is 0. The Morgan fingerprint density at radius 3 is 2.34 bits per heavy atom. The number of nitrogens with zero attached hydrogens (tertiary/aromatic N) is 3. The van der Waals surface area contributed by atoms with E-state index in [-0.39, 0.29) is 30.3 Å². The van der Waals surface area contributed by atoms with Crippen molar-refractivity contribution in [3.8, 4) is 11.1 Å². The zero-order valence-corrected chi connectivity index (χ0v) is 17.5. The smallest absolute Gasteiger partial charge is 0.407 e. The predicted molar refractivity (Wildman–Crippen MR) is 116 cm³/mol. The van der Waals surface area contributed by atoms with Gasteiger partial charge in [0, 0.05) is 5.92 Å². The van der Waals surface area contributed by atoms with Crippen molar-refractivity contribution in [1.82, 2.24) is 20.3 Å². The molecule has 0 saturated heterocycles. The maximum atomic E-state index is 12.7. The second-order valence-electron chi connectivity index (χ2n) is 8.32. The molecule has 2 aromatic carbocycles. The maximum absolute atomic E-state index is 12.7. The molecule has 164 valence electrons. The minimum absolute atomic E-state index is 0.00347. The molecule has 0 spiro atoms. The first-order chi connectivity index (χ1) is 15.6. The van der Waals surface area contributed by atoms with Gasteiger partial charge in [0.15, 0.2) is 5.69 Å². The van der Waals surface area contributed by atoms with Crippen LogP contribution in [-0.4, -0.2) is 44.8 Å². The molecule has 1 fully saturated rings. The monoisotopic (exact) mass is 432 g/mol. The molecule has 0 bridgehead atoms. The number of aromatic carboxylic acids is 1. The molecule has 5 rings (SSSR count). The largest absolute Gasteiger partial charge is 0.476 e. The Kier molecular flexibility index (Phi) is 5.34. The highest BCUT2D eigenvalue weighted by atomic mass is 16.5. The van der Waals surface area contributed by atoms with Crippen molar-refractivity contribution >= 4 is 12.1 Å². The van der Waals surface area contributed by atoms with E-state index in [0.29, 0.717) is 0 Å². The topological polar surface area (TPSA) is 106 Å². The summed E-state index contributed by atoms with van der Waals surface area (Å²) in [6, 6.07) is 16.1. The van der Waals surface area contributed by atoms with Gasteiger partial charge in [-0.1, -0.05) is 66.6 Å². The zero-order valence-electron chi connectivity index (χ0n) is 17.5. The van der Waals surface area contributed by atoms with Gasteiger partial charge in [-0.2, -0.15) is 0 Å². The Morgan fingerprint density at radius 1 is 1.03 bits per heavy atom. The van der Waals surface area contributed by atoms with Crippen LogP contribution in [0.1, 0.15) is 59.3 Å². The first kappa shape index (κ1) is 20.2. The Hall–Kier alpha value is -3.68. The van der Waals surface area contributed by atoms with E-state index in [9.17, 15) is 9.59 Å². The number of carbonyl (C=O) groups is 2. The predicted octanol–water partition coefficient (Wildman–Crippen LogP) is 4.00. The van der Waals surface area contributed by atoms with Crippen molar-refractivity contribution in [2.24, 2.45) is 0 Å². The highest BCUT2D eigenvalue weighted by Crippen LogP contribution is 2.44. The summed E-state index contributed by atoms with van der Waals surface area (Å²) in [6.45, 7) is 0.254. The number of hydrogen-bond acceptors (Lipinski definition) is 5. The summed E-state index contributed by atoms with van der Waals surface area (Å²) < 4.78 is 7.23. The molecule has 1 aromatic heterocycles. The van der Waals surface area contributed by atoms with Crippen molar-refractivity contribution in [1.29, 1.82) is 0 Å². The van der Waals surface area contributed by atoms with Gasteiger partial charge < -0.3 is 15.2 Å². The van der Waals surface area contributed by atoms with Crippen LogP contribution in [0.2, 0.25) is 0 Å². The van der Waals surface area contributed by atoms with E-state index in [2.05, 4.69) is 39.9 Å². The number of carboxylic acid groups (broad SMARTS) is 1. The number of ether oxygens (including phenoxy) is 1. The third kappa shape index (κ3) is 3.72. The lowest BCUT2D eigenvalue weighted by atomic mass is 9.90. The quantitative estimate of drug-likeness (QED) is 0.631. The van der Waals surface area contributed by atoms with Crippen LogP contribution in [0.15, 0.2) is 54.7 Å². The lowest BCUT2D eigenvalue weighted by Crippen LogP contribution is -2.43. The molecule has 32 heavy (non-hydrogen) atoms. The van der Waals surface area contributed by atoms with Crippen LogP contribution in [0.25, 0.3) is 11.1 Å². The molecule has 1 saturated carbocycles. The minimum Gasteiger partial charge on any atom is -0.476 e. The zero-order chi connectivity index (χ0) is 22.1. The van der Waals surface area contributed by atoms with Gasteiger partial charge >= 0.3 is 12.1 Å². The Bertz CT molecular complexity index is 1110. The SMILES string of the molecule is O=C(NC1CCCCC1n1cc(C(=O)O)nn1)OCC1c2ccccc2-c2ccccc21. The summed E-state index contributed by atoms with van der Waals surface area (Å²) in [5.74, 6) is -1.11. The molecule has 0 aliphatic heterocycles. The molecule has 3 aromatic rings. The van der Waals surface area contributed by atoms with E-state index in [0.717, 1.165) is 25.7 Å². The van der Waals surface area contributed by atoms with Gasteiger partial charge in [-0.05, 0) is 35.1 Å². The van der Waals surface area contributed by atoms with E-state index < -0.39 is 12.1 Å². The van der Waals surface area contributed by atoms with E-state index in [1.807, 2.05) is 24.3 Å². The maximum Gasteiger partial charge on any atom is 0.407 e. The third-order valence-corrected chi connectivity index (χ3v) is 6.45. The third-order valence-electron chi connectivity index (χ3n) is 6.45. The van der Waals surface area contributed by atoms with Crippen molar-refractivity contribution < 1.29 is 19.4 Å². The number of rotatable bonds is 5. The number of aromatic nitrogens is 3. The van der Waals surface area contributed by atoms with E-state index >= 15 is 0 Å². The minimum atomic E-state index is -1.12. The van der Waals surface area contributed by atoms with E-state index in [1.165, 1.54) is 28.5 Å². The van der Waals surface area contributed by atoms with Crippen LogP contribution in [-0.2, 0) is 4.74 Å². The number of hydrogen-bond donors (Lipinski definition) is 2. The number of carboxylic acids is 1. The summed E-state index contributed by atoms with van der Waals surface area (Å²) in [7, 11) is 0. The van der Waals surface area contributed by atoms with Gasteiger partial charge in [0.2, 0.25) is 0 Å². The first-order valence-electron chi connectivity index (χ1n) is 10.9. The number of amides is 1. The fraction of sp³-hybridized carbons (Fsp3) is 0.333. The van der Waals surface area contributed by atoms with Crippen LogP contribution in [0.3, 0.4) is 0 Å². The molecule has 2 atom stereocenters. The fourth-order valence-corrected chi connectivity index (χ4v) is 4.92. The summed E-state index contributed by atoms with van der Waals surface area (Å²) in [5, 5.41) is 19.8. The number of fused-ring (bicyclic) bond motifs is 3. The summed E-state index contributed by atoms with van der Waals surface area (Å²) in [4.78, 5) is 23.8. The summed E-state index contributed by atoms with van der Waals surface area (Å²) in [5.41, 5.74) is 4.60. The average molecular weight is 432 g/mol. The standard InChI is InChI=1S/C24H24N4O4/c29-23(30)21-13-28(27-26-21)22-12-6-5-11-20(22)25-24(31)32-14-19-17-9-3-1-7-15(17)16-8-2-4-10-18(16)19/h1-4,7-10,13,19-20,22H,5-6,11-12,14H2,(H,25,31)(H,29,30). The van der Waals surface area contributed by atoms with Gasteiger partial charge in [0.25, 0.3) is 0 Å². The number of nitrogens with one attached hydrogen (secondary N) is 1. The lowest BCUT2D eigenvalue weighted by molar-refractivity contribution is 0.0690. The van der Waals surface area contributed by atoms with Crippen molar-refractivity contribution in [2.75, 3.05) is 6.61 Å². The van der Waals surface area contributed by atoms with Crippen molar-refractivity contribution in [3.05, 3.63) is 71.5 Å². The average Bonchev–Trinajstić information content (AvgIpc) is 3.42. The molecule has 2 aliphatic rings. The number of alkyl carbamates (subject to hydrolysis) is 1. The highest BCUT2D eigenvalue weighted by molar-refractivity contribution is 5.84. The fourth-order valence-electron chi connectivity index (χ4n) is 4.92. The molecule has 1 amide bonds.